The highest BCUT2D eigenvalue weighted by Gasteiger charge is 2.17. The number of ether oxygens (including phenoxy) is 1. The number of aromatic nitrogens is 1. The molecule has 0 saturated carbocycles. The highest BCUT2D eigenvalue weighted by Crippen LogP contribution is 2.16. The van der Waals surface area contributed by atoms with E-state index in [4.69, 9.17) is 4.74 Å². The van der Waals surface area contributed by atoms with Crippen molar-refractivity contribution in [2.45, 2.75) is 32.0 Å². The number of nitrogens with zero attached hydrogens (tertiary/aromatic N) is 2. The molecule has 0 spiro atoms. The van der Waals surface area contributed by atoms with Gasteiger partial charge in [-0.2, -0.15) is 0 Å². The van der Waals surface area contributed by atoms with Gasteiger partial charge < -0.3 is 14.7 Å². The average molecular weight is 268 g/mol. The fraction of sp³-hybridized carbons (Fsp3) is 0.643. The molecule has 1 aliphatic heterocycles. The third-order valence-corrected chi connectivity index (χ3v) is 3.35. The summed E-state index contributed by atoms with van der Waals surface area (Å²) in [5.41, 5.74) is 0.528. The van der Waals surface area contributed by atoms with Gasteiger partial charge in [0.05, 0.1) is 24.1 Å². The van der Waals surface area contributed by atoms with Crippen molar-refractivity contribution in [1.82, 2.24) is 9.88 Å². The van der Waals surface area contributed by atoms with Gasteiger partial charge in [0.25, 0.3) is 0 Å². The number of pyridine rings is 1. The number of aliphatic hydroxyl groups is 1. The standard InChI is InChI=1S/C14H21FN2O2/c1-11-10-17(6-2-8-19-11)7-5-14(18)13-4-3-12(15)9-16-13/h3-4,9,11,14,18H,2,5-8,10H2,1H3. The lowest BCUT2D eigenvalue weighted by Gasteiger charge is -2.22. The van der Waals surface area contributed by atoms with Crippen molar-refractivity contribution < 1.29 is 14.2 Å². The highest BCUT2D eigenvalue weighted by atomic mass is 19.1. The fourth-order valence-corrected chi connectivity index (χ4v) is 2.32. The predicted octanol–water partition coefficient (Wildman–Crippen LogP) is 1.76. The molecule has 5 heteroatoms. The molecule has 0 radical (unpaired) electrons. The van der Waals surface area contributed by atoms with Crippen LogP contribution in [0.1, 0.15) is 31.6 Å². The van der Waals surface area contributed by atoms with Crippen molar-refractivity contribution in [2.24, 2.45) is 0 Å². The van der Waals surface area contributed by atoms with Gasteiger partial charge in [0.1, 0.15) is 5.82 Å². The van der Waals surface area contributed by atoms with Gasteiger partial charge in [-0.05, 0) is 31.9 Å². The summed E-state index contributed by atoms with van der Waals surface area (Å²) in [6.45, 7) is 5.56. The van der Waals surface area contributed by atoms with E-state index >= 15 is 0 Å². The van der Waals surface area contributed by atoms with Crippen molar-refractivity contribution in [3.8, 4) is 0 Å². The maximum absolute atomic E-state index is 12.7. The van der Waals surface area contributed by atoms with E-state index in [2.05, 4.69) is 16.8 Å². The van der Waals surface area contributed by atoms with E-state index in [9.17, 15) is 9.50 Å². The molecule has 1 saturated heterocycles. The summed E-state index contributed by atoms with van der Waals surface area (Å²) in [6.07, 6.45) is 2.37. The summed E-state index contributed by atoms with van der Waals surface area (Å²) in [6, 6.07) is 2.86. The van der Waals surface area contributed by atoms with Crippen molar-refractivity contribution in [3.63, 3.8) is 0 Å². The first-order valence-electron chi connectivity index (χ1n) is 6.78. The zero-order valence-electron chi connectivity index (χ0n) is 11.3. The van der Waals surface area contributed by atoms with Crippen molar-refractivity contribution in [1.29, 1.82) is 0 Å². The molecule has 2 heterocycles. The maximum Gasteiger partial charge on any atom is 0.141 e. The van der Waals surface area contributed by atoms with Crippen LogP contribution in [0.4, 0.5) is 4.39 Å². The van der Waals surface area contributed by atoms with Crippen molar-refractivity contribution in [2.75, 3.05) is 26.2 Å². The van der Waals surface area contributed by atoms with Gasteiger partial charge in [-0.3, -0.25) is 4.98 Å². The van der Waals surface area contributed by atoms with Crippen LogP contribution in [-0.4, -0.2) is 47.3 Å². The van der Waals surface area contributed by atoms with E-state index in [0.29, 0.717) is 12.1 Å². The molecule has 2 rings (SSSR count). The van der Waals surface area contributed by atoms with E-state index in [1.165, 1.54) is 12.1 Å². The van der Waals surface area contributed by atoms with E-state index in [1.54, 1.807) is 0 Å². The zero-order valence-corrected chi connectivity index (χ0v) is 11.3. The first kappa shape index (κ1) is 14.4. The van der Waals surface area contributed by atoms with Crippen molar-refractivity contribution in [3.05, 3.63) is 29.8 Å². The lowest BCUT2D eigenvalue weighted by Crippen LogP contribution is -2.32. The third kappa shape index (κ3) is 4.53. The van der Waals surface area contributed by atoms with Crippen molar-refractivity contribution >= 4 is 0 Å². The normalized spacial score (nSPS) is 23.0. The van der Waals surface area contributed by atoms with Crippen LogP contribution in [0.3, 0.4) is 0 Å². The fourth-order valence-electron chi connectivity index (χ4n) is 2.32. The number of aliphatic hydroxyl groups excluding tert-OH is 1. The predicted molar refractivity (Wildman–Crippen MR) is 70.2 cm³/mol. The Hall–Kier alpha value is -1.04. The molecule has 2 atom stereocenters. The minimum Gasteiger partial charge on any atom is -0.387 e. The first-order valence-corrected chi connectivity index (χ1v) is 6.78. The van der Waals surface area contributed by atoms with Gasteiger partial charge in [0, 0.05) is 26.2 Å². The monoisotopic (exact) mass is 268 g/mol. The minimum absolute atomic E-state index is 0.239. The SMILES string of the molecule is CC1CN(CCC(O)c2ccc(F)cn2)CCCO1. The van der Waals surface area contributed by atoms with E-state index in [1.807, 2.05) is 0 Å². The summed E-state index contributed by atoms with van der Waals surface area (Å²) < 4.78 is 18.3. The molecule has 2 unspecified atom stereocenters. The number of hydrogen-bond acceptors (Lipinski definition) is 4. The van der Waals surface area contributed by atoms with Crippen LogP contribution in [-0.2, 0) is 4.74 Å². The summed E-state index contributed by atoms with van der Waals surface area (Å²) in [4.78, 5) is 6.20. The molecule has 1 aromatic rings. The molecule has 1 N–H and O–H groups in total. The Bertz CT molecular complexity index is 386. The molecule has 1 aliphatic rings. The second-order valence-electron chi connectivity index (χ2n) is 5.04. The first-order chi connectivity index (χ1) is 9.15. The molecule has 1 fully saturated rings. The van der Waals surface area contributed by atoms with Crippen LogP contribution >= 0.6 is 0 Å². The highest BCUT2D eigenvalue weighted by molar-refractivity contribution is 5.07. The summed E-state index contributed by atoms with van der Waals surface area (Å²) in [7, 11) is 0. The van der Waals surface area contributed by atoms with Gasteiger partial charge in [0.15, 0.2) is 0 Å². The Kier molecular flexibility index (Phi) is 5.24. The lowest BCUT2D eigenvalue weighted by atomic mass is 10.1. The minimum atomic E-state index is -0.639. The smallest absolute Gasteiger partial charge is 0.141 e. The summed E-state index contributed by atoms with van der Waals surface area (Å²) >= 11 is 0. The Labute approximate surface area is 113 Å². The largest absolute Gasteiger partial charge is 0.387 e. The lowest BCUT2D eigenvalue weighted by molar-refractivity contribution is 0.0642. The molecule has 0 amide bonds. The molecule has 0 bridgehead atoms. The van der Waals surface area contributed by atoms with Crippen LogP contribution in [0.15, 0.2) is 18.3 Å². The number of hydrogen-bond donors (Lipinski definition) is 1. The van der Waals surface area contributed by atoms with Gasteiger partial charge in [0.2, 0.25) is 0 Å². The topological polar surface area (TPSA) is 45.6 Å². The molecule has 0 aromatic carbocycles. The van der Waals surface area contributed by atoms with E-state index in [-0.39, 0.29) is 11.9 Å². The Morgan fingerprint density at radius 2 is 2.42 bits per heavy atom. The number of halogens is 1. The van der Waals surface area contributed by atoms with Crippen LogP contribution in [0.5, 0.6) is 0 Å². The van der Waals surface area contributed by atoms with E-state index in [0.717, 1.165) is 38.9 Å². The Balaban J connectivity index is 1.82. The van der Waals surface area contributed by atoms with Gasteiger partial charge in [-0.25, -0.2) is 4.39 Å². The van der Waals surface area contributed by atoms with Crippen LogP contribution in [0.25, 0.3) is 0 Å². The quantitative estimate of drug-likeness (QED) is 0.903. The second-order valence-corrected chi connectivity index (χ2v) is 5.04. The van der Waals surface area contributed by atoms with Crippen LogP contribution in [0, 0.1) is 5.82 Å². The summed E-state index contributed by atoms with van der Waals surface area (Å²) in [5.74, 6) is -0.380. The molecule has 19 heavy (non-hydrogen) atoms. The number of rotatable bonds is 4. The molecule has 106 valence electrons. The molecular weight excluding hydrogens is 247 g/mol. The Morgan fingerprint density at radius 1 is 1.58 bits per heavy atom. The van der Waals surface area contributed by atoms with Gasteiger partial charge in [-0.1, -0.05) is 0 Å². The molecule has 0 aliphatic carbocycles. The molecular formula is C14H21FN2O2. The van der Waals surface area contributed by atoms with Gasteiger partial charge in [-0.15, -0.1) is 0 Å². The van der Waals surface area contributed by atoms with E-state index < -0.39 is 6.10 Å². The average Bonchev–Trinajstić information content (AvgIpc) is 2.61. The van der Waals surface area contributed by atoms with Crippen LogP contribution in [0.2, 0.25) is 0 Å². The third-order valence-electron chi connectivity index (χ3n) is 3.35. The molecule has 4 nitrogen and oxygen atoms in total. The zero-order chi connectivity index (χ0) is 13.7. The Morgan fingerprint density at radius 3 is 3.16 bits per heavy atom. The van der Waals surface area contributed by atoms with Crippen LogP contribution < -0.4 is 0 Å². The van der Waals surface area contributed by atoms with Gasteiger partial charge >= 0.3 is 0 Å². The second kappa shape index (κ2) is 6.93. The molecule has 1 aromatic heterocycles. The maximum atomic E-state index is 12.7. The summed E-state index contributed by atoms with van der Waals surface area (Å²) in [5, 5.41) is 10.0.